The second-order valence-electron chi connectivity index (χ2n) is 9.76. The number of anilines is 2. The lowest BCUT2D eigenvalue weighted by molar-refractivity contribution is -0.139. The Morgan fingerprint density at radius 2 is 1.61 bits per heavy atom. The summed E-state index contributed by atoms with van der Waals surface area (Å²) in [5.74, 6) is -1.05. The van der Waals surface area contributed by atoms with Crippen LogP contribution in [0.4, 0.5) is 11.4 Å². The third-order valence-electron chi connectivity index (χ3n) is 7.68. The number of amides is 3. The normalized spacial score (nSPS) is 28.2. The Morgan fingerprint density at radius 3 is 2.28 bits per heavy atom. The maximum absolute atomic E-state index is 13.1. The Labute approximate surface area is 208 Å². The molecular weight excluding hydrogens is 460 g/mol. The van der Waals surface area contributed by atoms with Crippen molar-refractivity contribution in [1.29, 1.82) is 0 Å². The van der Waals surface area contributed by atoms with Gasteiger partial charge >= 0.3 is 5.97 Å². The molecule has 2 bridgehead atoms. The highest BCUT2D eigenvalue weighted by molar-refractivity contribution is 6.22. The van der Waals surface area contributed by atoms with Crippen molar-refractivity contribution in [2.45, 2.75) is 19.8 Å². The number of hydrogen-bond donors (Lipinski definition) is 0. The van der Waals surface area contributed by atoms with Gasteiger partial charge in [0.25, 0.3) is 0 Å². The molecule has 2 aliphatic carbocycles. The fourth-order valence-corrected chi connectivity index (χ4v) is 6.05. The Kier molecular flexibility index (Phi) is 5.39. The topological polar surface area (TPSA) is 93.2 Å². The van der Waals surface area contributed by atoms with E-state index in [1.807, 2.05) is 6.92 Å². The summed E-state index contributed by atoms with van der Waals surface area (Å²) >= 11 is 0. The molecule has 0 aromatic heterocycles. The van der Waals surface area contributed by atoms with Crippen LogP contribution in [0.15, 0.2) is 60.7 Å². The number of carbonyl (C=O) groups is 4. The predicted molar refractivity (Wildman–Crippen MR) is 130 cm³/mol. The van der Waals surface area contributed by atoms with Crippen LogP contribution < -0.4 is 19.3 Å². The highest BCUT2D eigenvalue weighted by atomic mass is 16.5. The highest BCUT2D eigenvalue weighted by Gasteiger charge is 2.59. The van der Waals surface area contributed by atoms with E-state index in [2.05, 4.69) is 12.2 Å². The second-order valence-corrected chi connectivity index (χ2v) is 9.76. The van der Waals surface area contributed by atoms with Crippen LogP contribution in [0.1, 0.15) is 19.8 Å². The summed E-state index contributed by atoms with van der Waals surface area (Å²) < 4.78 is 11.0. The maximum atomic E-state index is 13.1. The third-order valence-corrected chi connectivity index (χ3v) is 7.68. The van der Waals surface area contributed by atoms with Gasteiger partial charge in [0.1, 0.15) is 11.5 Å². The van der Waals surface area contributed by atoms with E-state index >= 15 is 0 Å². The van der Waals surface area contributed by atoms with Crippen LogP contribution >= 0.6 is 0 Å². The number of ether oxygens (including phenoxy) is 2. The number of esters is 1. The zero-order valence-corrected chi connectivity index (χ0v) is 19.8. The average molecular weight is 487 g/mol. The summed E-state index contributed by atoms with van der Waals surface area (Å²) in [6.45, 7) is 2.67. The Hall–Kier alpha value is -3.94. The van der Waals surface area contributed by atoms with Crippen molar-refractivity contribution in [2.75, 3.05) is 23.0 Å². The number of nitrogens with zero attached hydrogens (tertiary/aromatic N) is 2. The summed E-state index contributed by atoms with van der Waals surface area (Å²) in [5, 5.41) is 0. The van der Waals surface area contributed by atoms with Gasteiger partial charge in [-0.05, 0) is 61.6 Å². The number of carbonyl (C=O) groups excluding carboxylic acids is 4. The summed E-state index contributed by atoms with van der Waals surface area (Å²) in [6.07, 6.45) is 5.02. The smallest absolute Gasteiger partial charge is 0.316 e. The Bertz CT molecular complexity index is 1260. The van der Waals surface area contributed by atoms with Gasteiger partial charge in [-0.2, -0.15) is 0 Å². The molecule has 6 rings (SSSR count). The molecule has 0 spiro atoms. The summed E-state index contributed by atoms with van der Waals surface area (Å²) in [5.41, 5.74) is 1.10. The van der Waals surface area contributed by atoms with Crippen LogP contribution in [-0.4, -0.2) is 36.8 Å². The molecule has 3 amide bonds. The number of fused-ring (bicyclic) bond motifs is 5. The first-order valence-corrected chi connectivity index (χ1v) is 12.4. The van der Waals surface area contributed by atoms with E-state index in [1.165, 1.54) is 4.90 Å². The molecule has 1 saturated carbocycles. The zero-order valence-electron chi connectivity index (χ0n) is 19.8. The van der Waals surface area contributed by atoms with Crippen LogP contribution in [0, 0.1) is 29.6 Å². The average Bonchev–Trinajstić information content (AvgIpc) is 3.63. The molecule has 184 valence electrons. The van der Waals surface area contributed by atoms with E-state index in [-0.39, 0.29) is 60.1 Å². The van der Waals surface area contributed by atoms with Crippen LogP contribution in [0.5, 0.6) is 11.5 Å². The Balaban J connectivity index is 1.14. The standard InChI is InChI=1S/C28H26N2O6/c1-2-35-21-10-8-19(9-11-21)29-15-18(13-23(29)31)28(34)36-22-5-3-4-20(14-22)30-26(32)24-16-6-7-17(12-16)25(24)27(30)33/h3-11,14,16-18,24-25H,2,12-13,15H2,1H3/t16-,17-,18+,24+,25+/m0/s1. The molecule has 2 heterocycles. The molecule has 8 nitrogen and oxygen atoms in total. The zero-order chi connectivity index (χ0) is 25.0. The van der Waals surface area contributed by atoms with Crippen molar-refractivity contribution in [3.8, 4) is 11.5 Å². The molecule has 2 aromatic carbocycles. The van der Waals surface area contributed by atoms with Crippen molar-refractivity contribution in [1.82, 2.24) is 0 Å². The molecule has 0 N–H and O–H groups in total. The molecule has 0 unspecified atom stereocenters. The van der Waals surface area contributed by atoms with Gasteiger partial charge in [0.05, 0.1) is 30.0 Å². The van der Waals surface area contributed by atoms with Crippen LogP contribution in [-0.2, 0) is 19.2 Å². The second kappa shape index (κ2) is 8.62. The summed E-state index contributed by atoms with van der Waals surface area (Å²) in [6, 6.07) is 13.7. The minimum absolute atomic E-state index is 0.0496. The van der Waals surface area contributed by atoms with E-state index in [0.29, 0.717) is 23.7 Å². The number of imide groups is 1. The molecule has 0 radical (unpaired) electrons. The molecule has 2 aromatic rings. The van der Waals surface area contributed by atoms with Gasteiger partial charge < -0.3 is 14.4 Å². The van der Waals surface area contributed by atoms with Gasteiger partial charge in [-0.1, -0.05) is 18.2 Å². The van der Waals surface area contributed by atoms with Crippen LogP contribution in [0.2, 0.25) is 0 Å². The third kappa shape index (κ3) is 3.59. The first-order valence-electron chi connectivity index (χ1n) is 12.4. The highest BCUT2D eigenvalue weighted by Crippen LogP contribution is 2.53. The van der Waals surface area contributed by atoms with E-state index in [1.54, 1.807) is 53.4 Å². The lowest BCUT2D eigenvalue weighted by Crippen LogP contribution is -2.32. The number of allylic oxidation sites excluding steroid dienone is 2. The van der Waals surface area contributed by atoms with Crippen molar-refractivity contribution in [3.63, 3.8) is 0 Å². The maximum Gasteiger partial charge on any atom is 0.316 e. The fourth-order valence-electron chi connectivity index (χ4n) is 6.05. The molecule has 5 atom stereocenters. The van der Waals surface area contributed by atoms with Crippen LogP contribution in [0.25, 0.3) is 0 Å². The van der Waals surface area contributed by atoms with E-state index in [9.17, 15) is 19.2 Å². The predicted octanol–water partition coefficient (Wildman–Crippen LogP) is 3.36. The van der Waals surface area contributed by atoms with Crippen molar-refractivity contribution in [2.24, 2.45) is 29.6 Å². The fraction of sp³-hybridized carbons (Fsp3) is 0.357. The van der Waals surface area contributed by atoms with E-state index in [4.69, 9.17) is 9.47 Å². The first kappa shape index (κ1) is 22.5. The molecule has 8 heteroatoms. The minimum Gasteiger partial charge on any atom is -0.494 e. The summed E-state index contributed by atoms with van der Waals surface area (Å²) in [7, 11) is 0. The quantitative estimate of drug-likeness (QED) is 0.269. The molecule has 3 fully saturated rings. The van der Waals surface area contributed by atoms with E-state index in [0.717, 1.165) is 6.42 Å². The van der Waals surface area contributed by atoms with Gasteiger partial charge in [-0.3, -0.25) is 19.2 Å². The van der Waals surface area contributed by atoms with Crippen LogP contribution in [0.3, 0.4) is 0 Å². The van der Waals surface area contributed by atoms with Gasteiger partial charge in [-0.15, -0.1) is 0 Å². The number of benzene rings is 2. The number of rotatable bonds is 6. The van der Waals surface area contributed by atoms with Crippen molar-refractivity contribution < 1.29 is 28.7 Å². The van der Waals surface area contributed by atoms with Gasteiger partial charge in [-0.25, -0.2) is 4.90 Å². The molecule has 2 saturated heterocycles. The monoisotopic (exact) mass is 486 g/mol. The largest absolute Gasteiger partial charge is 0.494 e. The summed E-state index contributed by atoms with van der Waals surface area (Å²) in [4.78, 5) is 54.5. The molecule has 2 aliphatic heterocycles. The number of hydrogen-bond acceptors (Lipinski definition) is 6. The Morgan fingerprint density at radius 1 is 0.917 bits per heavy atom. The van der Waals surface area contributed by atoms with E-state index < -0.39 is 11.9 Å². The van der Waals surface area contributed by atoms with Crippen molar-refractivity contribution in [3.05, 3.63) is 60.7 Å². The van der Waals surface area contributed by atoms with Gasteiger partial charge in [0, 0.05) is 24.7 Å². The lowest BCUT2D eigenvalue weighted by Gasteiger charge is -2.18. The van der Waals surface area contributed by atoms with Crippen molar-refractivity contribution >= 4 is 35.1 Å². The van der Waals surface area contributed by atoms with Gasteiger partial charge in [0.2, 0.25) is 17.7 Å². The minimum atomic E-state index is -0.621. The first-order chi connectivity index (χ1) is 17.4. The van der Waals surface area contributed by atoms with Gasteiger partial charge in [0.15, 0.2) is 0 Å². The molecular formula is C28H26N2O6. The molecule has 36 heavy (non-hydrogen) atoms. The molecule has 4 aliphatic rings. The lowest BCUT2D eigenvalue weighted by atomic mass is 9.85. The SMILES string of the molecule is CCOc1ccc(N2C[C@H](C(=O)Oc3cccc(N4C(=O)[C@H]5[C@H](C4=O)[C@H]4C=C[C@H]5C4)c3)CC2=O)cc1.